The van der Waals surface area contributed by atoms with Crippen LogP contribution in [0.25, 0.3) is 0 Å². The Balaban J connectivity index is 2.79. The topological polar surface area (TPSA) is 12.9 Å². The van der Waals surface area contributed by atoms with Gasteiger partial charge in [-0.15, -0.1) is 11.3 Å². The lowest BCUT2D eigenvalue weighted by Gasteiger charge is -2.28. The van der Waals surface area contributed by atoms with Crippen LogP contribution in [0.4, 0.5) is 0 Å². The maximum absolute atomic E-state index is 4.78. The zero-order chi connectivity index (χ0) is 13.3. The monoisotopic (exact) mass is 317 g/mol. The van der Waals surface area contributed by atoms with Crippen LogP contribution in [-0.2, 0) is 11.8 Å². The third-order valence-electron chi connectivity index (χ3n) is 3.15. The van der Waals surface area contributed by atoms with Crippen LogP contribution >= 0.6 is 27.3 Å². The molecule has 0 spiro atoms. The van der Waals surface area contributed by atoms with Gasteiger partial charge in [0.2, 0.25) is 0 Å². The SMILES string of the molecule is CC(C)(C)c1csc(CC(CBr)C(C)(C)C)n1. The van der Waals surface area contributed by atoms with Crippen molar-refractivity contribution in [3.8, 4) is 0 Å². The Morgan fingerprint density at radius 1 is 1.24 bits per heavy atom. The lowest BCUT2D eigenvalue weighted by Crippen LogP contribution is -2.24. The predicted octanol–water partition coefficient (Wildman–Crippen LogP) is 5.04. The van der Waals surface area contributed by atoms with E-state index in [1.807, 2.05) is 0 Å². The van der Waals surface area contributed by atoms with E-state index in [-0.39, 0.29) is 5.41 Å². The summed E-state index contributed by atoms with van der Waals surface area (Å²) in [5.41, 5.74) is 1.72. The molecule has 0 aliphatic heterocycles. The molecule has 98 valence electrons. The molecule has 0 aliphatic rings. The van der Waals surface area contributed by atoms with Crippen LogP contribution in [-0.4, -0.2) is 10.3 Å². The summed E-state index contributed by atoms with van der Waals surface area (Å²) in [5, 5.41) is 4.53. The fourth-order valence-corrected chi connectivity index (χ4v) is 3.85. The van der Waals surface area contributed by atoms with E-state index in [0.29, 0.717) is 11.3 Å². The van der Waals surface area contributed by atoms with Crippen molar-refractivity contribution < 1.29 is 0 Å². The van der Waals surface area contributed by atoms with Gasteiger partial charge in [0.1, 0.15) is 0 Å². The van der Waals surface area contributed by atoms with Crippen molar-refractivity contribution in [2.45, 2.75) is 53.4 Å². The molecule has 0 N–H and O–H groups in total. The zero-order valence-electron chi connectivity index (χ0n) is 11.8. The van der Waals surface area contributed by atoms with Crippen LogP contribution in [0.1, 0.15) is 52.2 Å². The summed E-state index contributed by atoms with van der Waals surface area (Å²) in [6.07, 6.45) is 1.08. The van der Waals surface area contributed by atoms with Gasteiger partial charge in [-0.05, 0) is 11.3 Å². The summed E-state index contributed by atoms with van der Waals surface area (Å²) in [6.45, 7) is 13.6. The first kappa shape index (κ1) is 15.2. The number of alkyl halides is 1. The van der Waals surface area contributed by atoms with Crippen molar-refractivity contribution in [3.63, 3.8) is 0 Å². The van der Waals surface area contributed by atoms with Crippen LogP contribution < -0.4 is 0 Å². The zero-order valence-corrected chi connectivity index (χ0v) is 14.2. The molecule has 1 aromatic rings. The maximum Gasteiger partial charge on any atom is 0.0931 e. The first-order valence-electron chi connectivity index (χ1n) is 6.15. The molecule has 1 rings (SSSR count). The molecule has 1 nitrogen and oxygen atoms in total. The van der Waals surface area contributed by atoms with E-state index >= 15 is 0 Å². The summed E-state index contributed by atoms with van der Waals surface area (Å²) < 4.78 is 0. The van der Waals surface area contributed by atoms with Gasteiger partial charge in [0.15, 0.2) is 0 Å². The van der Waals surface area contributed by atoms with Crippen molar-refractivity contribution in [2.24, 2.45) is 11.3 Å². The number of halogens is 1. The highest BCUT2D eigenvalue weighted by Gasteiger charge is 2.25. The summed E-state index contributed by atoms with van der Waals surface area (Å²) >= 11 is 5.44. The third-order valence-corrected chi connectivity index (χ3v) is 4.80. The molecule has 0 saturated carbocycles. The number of nitrogens with zero attached hydrogens (tertiary/aromatic N) is 1. The second-order valence-corrected chi connectivity index (χ2v) is 8.39. The lowest BCUT2D eigenvalue weighted by atomic mass is 9.80. The molecule has 3 heteroatoms. The Hall–Kier alpha value is 0.110. The largest absolute Gasteiger partial charge is 0.246 e. The highest BCUT2D eigenvalue weighted by Crippen LogP contribution is 2.32. The minimum atomic E-state index is 0.167. The molecular formula is C14H24BrNS. The Bertz CT molecular complexity index is 357. The molecule has 0 fully saturated rings. The fraction of sp³-hybridized carbons (Fsp3) is 0.786. The summed E-state index contributed by atoms with van der Waals surface area (Å²) in [6, 6.07) is 0. The van der Waals surface area contributed by atoms with E-state index in [0.717, 1.165) is 11.8 Å². The van der Waals surface area contributed by atoms with Crippen LogP contribution in [0.5, 0.6) is 0 Å². The third kappa shape index (κ3) is 4.36. The van der Waals surface area contributed by atoms with Crippen molar-refractivity contribution in [2.75, 3.05) is 5.33 Å². The minimum Gasteiger partial charge on any atom is -0.246 e. The highest BCUT2D eigenvalue weighted by molar-refractivity contribution is 9.09. The van der Waals surface area contributed by atoms with Crippen LogP contribution in [0.3, 0.4) is 0 Å². The smallest absolute Gasteiger partial charge is 0.0931 e. The van der Waals surface area contributed by atoms with E-state index in [1.165, 1.54) is 10.7 Å². The van der Waals surface area contributed by atoms with Gasteiger partial charge in [-0.2, -0.15) is 0 Å². The second kappa shape index (κ2) is 5.40. The van der Waals surface area contributed by atoms with Gasteiger partial charge in [-0.1, -0.05) is 57.5 Å². The van der Waals surface area contributed by atoms with E-state index in [1.54, 1.807) is 11.3 Å². The van der Waals surface area contributed by atoms with E-state index in [4.69, 9.17) is 4.98 Å². The van der Waals surface area contributed by atoms with E-state index in [2.05, 4.69) is 62.9 Å². The first-order chi connectivity index (χ1) is 7.64. The van der Waals surface area contributed by atoms with Crippen LogP contribution in [0.2, 0.25) is 0 Å². The summed E-state index contributed by atoms with van der Waals surface area (Å²) in [5.74, 6) is 0.640. The Morgan fingerprint density at radius 2 is 1.82 bits per heavy atom. The normalized spacial score (nSPS) is 15.0. The molecular weight excluding hydrogens is 294 g/mol. The summed E-state index contributed by atoms with van der Waals surface area (Å²) in [7, 11) is 0. The predicted molar refractivity (Wildman–Crippen MR) is 81.3 cm³/mol. The highest BCUT2D eigenvalue weighted by atomic mass is 79.9. The Kier molecular flexibility index (Phi) is 4.81. The standard InChI is InChI=1S/C14H24BrNS/c1-13(2,3)10(8-15)7-12-16-11(9-17-12)14(4,5)6/h9-10H,7-8H2,1-6H3. The average Bonchev–Trinajstić information content (AvgIpc) is 2.59. The van der Waals surface area contributed by atoms with Gasteiger partial charge in [0.05, 0.1) is 10.7 Å². The maximum atomic E-state index is 4.78. The molecule has 1 unspecified atom stereocenters. The molecule has 0 radical (unpaired) electrons. The Morgan fingerprint density at radius 3 is 2.18 bits per heavy atom. The van der Waals surface area contributed by atoms with Gasteiger partial charge in [-0.3, -0.25) is 0 Å². The van der Waals surface area contributed by atoms with Gasteiger partial charge in [0.25, 0.3) is 0 Å². The molecule has 0 aromatic carbocycles. The minimum absolute atomic E-state index is 0.167. The Labute approximate surface area is 118 Å². The van der Waals surface area contributed by atoms with Crippen LogP contribution in [0.15, 0.2) is 5.38 Å². The van der Waals surface area contributed by atoms with E-state index < -0.39 is 0 Å². The quantitative estimate of drug-likeness (QED) is 0.712. The molecule has 0 saturated heterocycles. The van der Waals surface area contributed by atoms with Crippen molar-refractivity contribution >= 4 is 27.3 Å². The first-order valence-corrected chi connectivity index (χ1v) is 8.15. The molecule has 0 bridgehead atoms. The number of hydrogen-bond donors (Lipinski definition) is 0. The fourth-order valence-electron chi connectivity index (χ4n) is 1.55. The molecule has 1 atom stereocenters. The second-order valence-electron chi connectivity index (χ2n) is 6.80. The number of aromatic nitrogens is 1. The summed E-state index contributed by atoms with van der Waals surface area (Å²) in [4.78, 5) is 4.78. The van der Waals surface area contributed by atoms with Gasteiger partial charge >= 0.3 is 0 Å². The van der Waals surface area contributed by atoms with Gasteiger partial charge in [-0.25, -0.2) is 4.98 Å². The molecule has 0 aliphatic carbocycles. The van der Waals surface area contributed by atoms with Gasteiger partial charge < -0.3 is 0 Å². The van der Waals surface area contributed by atoms with Crippen molar-refractivity contribution in [1.29, 1.82) is 0 Å². The van der Waals surface area contributed by atoms with E-state index in [9.17, 15) is 0 Å². The average molecular weight is 318 g/mol. The molecule has 1 heterocycles. The van der Waals surface area contributed by atoms with Gasteiger partial charge in [0, 0.05) is 22.5 Å². The molecule has 1 aromatic heterocycles. The number of rotatable bonds is 3. The number of thiazole rings is 1. The molecule has 17 heavy (non-hydrogen) atoms. The lowest BCUT2D eigenvalue weighted by molar-refractivity contribution is 0.266. The number of hydrogen-bond acceptors (Lipinski definition) is 2. The van der Waals surface area contributed by atoms with Crippen LogP contribution in [0, 0.1) is 11.3 Å². The molecule has 0 amide bonds. The van der Waals surface area contributed by atoms with Crippen molar-refractivity contribution in [1.82, 2.24) is 4.98 Å². The van der Waals surface area contributed by atoms with Crippen molar-refractivity contribution in [3.05, 3.63) is 16.1 Å².